The van der Waals surface area contributed by atoms with Crippen LogP contribution in [0, 0.1) is 0 Å². The van der Waals surface area contributed by atoms with Crippen molar-refractivity contribution in [3.8, 4) is 0 Å². The van der Waals surface area contributed by atoms with E-state index in [1.807, 2.05) is 0 Å². The Hall–Kier alpha value is -2.30. The van der Waals surface area contributed by atoms with Gasteiger partial charge in [0.15, 0.2) is 0 Å². The molecule has 0 aliphatic heterocycles. The number of halogens is 2. The van der Waals surface area contributed by atoms with Crippen molar-refractivity contribution in [2.24, 2.45) is 0 Å². The van der Waals surface area contributed by atoms with Crippen LogP contribution in [0.15, 0.2) is 60.7 Å². The van der Waals surface area contributed by atoms with Gasteiger partial charge in [-0.15, -0.1) is 0 Å². The Labute approximate surface area is 125 Å². The fourth-order valence-corrected chi connectivity index (χ4v) is 3.25. The summed E-state index contributed by atoms with van der Waals surface area (Å²) in [6.45, 7) is 0. The zero-order chi connectivity index (χ0) is 15.5. The molecule has 0 spiro atoms. The Morgan fingerprint density at radius 2 is 1.23 bits per heavy atom. The highest BCUT2D eigenvalue weighted by atomic mass is 19.2. The van der Waals surface area contributed by atoms with Crippen molar-refractivity contribution >= 4 is 10.8 Å². The Balaban J connectivity index is 2.19. The van der Waals surface area contributed by atoms with Crippen molar-refractivity contribution in [3.05, 3.63) is 82.9 Å². The molecular formula is C18H12F2O2. The monoisotopic (exact) mass is 298 g/mol. The molecule has 1 aliphatic carbocycles. The number of hydrogen-bond donors (Lipinski definition) is 2. The molecule has 1 aliphatic rings. The maximum atomic E-state index is 15.2. The van der Waals surface area contributed by atoms with Gasteiger partial charge < -0.3 is 10.2 Å². The lowest BCUT2D eigenvalue weighted by Crippen LogP contribution is -2.38. The second-order valence-corrected chi connectivity index (χ2v) is 5.50. The van der Waals surface area contributed by atoms with Crippen LogP contribution in [0.1, 0.15) is 22.3 Å². The lowest BCUT2D eigenvalue weighted by Gasteiger charge is -2.36. The van der Waals surface area contributed by atoms with Gasteiger partial charge in [-0.2, -0.15) is 0 Å². The topological polar surface area (TPSA) is 40.5 Å². The summed E-state index contributed by atoms with van der Waals surface area (Å²) in [5.74, 6) is -5.72. The van der Waals surface area contributed by atoms with E-state index in [0.29, 0.717) is 10.8 Å². The molecule has 22 heavy (non-hydrogen) atoms. The van der Waals surface area contributed by atoms with Crippen LogP contribution in [-0.4, -0.2) is 10.2 Å². The number of aliphatic hydroxyl groups is 2. The van der Waals surface area contributed by atoms with Crippen molar-refractivity contribution in [2.45, 2.75) is 11.7 Å². The highest BCUT2D eigenvalue weighted by molar-refractivity contribution is 5.89. The van der Waals surface area contributed by atoms with E-state index in [1.165, 1.54) is 30.3 Å². The van der Waals surface area contributed by atoms with Crippen molar-refractivity contribution in [1.29, 1.82) is 0 Å². The van der Waals surface area contributed by atoms with Crippen LogP contribution >= 0.6 is 0 Å². The second kappa shape index (κ2) is 4.12. The zero-order valence-corrected chi connectivity index (χ0v) is 11.4. The molecule has 3 aromatic carbocycles. The van der Waals surface area contributed by atoms with E-state index < -0.39 is 11.7 Å². The molecule has 110 valence electrons. The summed E-state index contributed by atoms with van der Waals surface area (Å²) in [5, 5.41) is 21.8. The molecule has 0 saturated heterocycles. The average molecular weight is 298 g/mol. The first-order valence-corrected chi connectivity index (χ1v) is 6.89. The minimum Gasteiger partial charge on any atom is -0.355 e. The van der Waals surface area contributed by atoms with Gasteiger partial charge in [-0.1, -0.05) is 60.7 Å². The van der Waals surface area contributed by atoms with E-state index in [0.717, 1.165) is 0 Å². The van der Waals surface area contributed by atoms with Gasteiger partial charge >= 0.3 is 0 Å². The van der Waals surface area contributed by atoms with Crippen molar-refractivity contribution in [3.63, 3.8) is 0 Å². The van der Waals surface area contributed by atoms with Crippen LogP contribution in [0.5, 0.6) is 0 Å². The second-order valence-electron chi connectivity index (χ2n) is 5.50. The molecule has 2 nitrogen and oxygen atoms in total. The summed E-state index contributed by atoms with van der Waals surface area (Å²) in [6, 6.07) is 15.2. The van der Waals surface area contributed by atoms with Crippen LogP contribution in [0.4, 0.5) is 8.78 Å². The van der Waals surface area contributed by atoms with E-state index in [1.54, 1.807) is 30.3 Å². The molecule has 0 aromatic heterocycles. The minimum absolute atomic E-state index is 0.241. The molecule has 4 rings (SSSR count). The minimum atomic E-state index is -2.87. The molecule has 0 fully saturated rings. The lowest BCUT2D eigenvalue weighted by atomic mass is 9.77. The Bertz CT molecular complexity index is 900. The summed E-state index contributed by atoms with van der Waals surface area (Å²) in [4.78, 5) is 0. The molecule has 2 unspecified atom stereocenters. The van der Waals surface area contributed by atoms with Crippen LogP contribution in [0.2, 0.25) is 0 Å². The summed E-state index contributed by atoms with van der Waals surface area (Å²) >= 11 is 0. The van der Waals surface area contributed by atoms with E-state index in [9.17, 15) is 10.2 Å². The first-order chi connectivity index (χ1) is 10.4. The SMILES string of the molecule is OC1(F)c2ccccc2C(O)(F)c2c1ccc1ccccc21. The summed E-state index contributed by atoms with van der Waals surface area (Å²) in [5.41, 5.74) is -1.06. The molecule has 0 heterocycles. The molecule has 2 N–H and O–H groups in total. The average Bonchev–Trinajstić information content (AvgIpc) is 2.52. The molecule has 0 bridgehead atoms. The summed E-state index contributed by atoms with van der Waals surface area (Å²) < 4.78 is 30.2. The number of hydrogen-bond acceptors (Lipinski definition) is 2. The lowest BCUT2D eigenvalue weighted by molar-refractivity contribution is -0.101. The van der Waals surface area contributed by atoms with E-state index >= 15 is 8.78 Å². The fourth-order valence-electron chi connectivity index (χ4n) is 3.25. The predicted octanol–water partition coefficient (Wildman–Crippen LogP) is 3.48. The first-order valence-electron chi connectivity index (χ1n) is 6.89. The van der Waals surface area contributed by atoms with Gasteiger partial charge in [-0.3, -0.25) is 0 Å². The number of fused-ring (bicyclic) bond motifs is 4. The van der Waals surface area contributed by atoms with E-state index in [2.05, 4.69) is 0 Å². The Morgan fingerprint density at radius 1 is 0.636 bits per heavy atom. The molecule has 0 saturated carbocycles. The van der Waals surface area contributed by atoms with Crippen LogP contribution in [0.25, 0.3) is 10.8 Å². The molecule has 2 atom stereocenters. The third-order valence-corrected chi connectivity index (χ3v) is 4.26. The fraction of sp³-hybridized carbons (Fsp3) is 0.111. The quantitative estimate of drug-likeness (QED) is 0.667. The van der Waals surface area contributed by atoms with E-state index in [4.69, 9.17) is 0 Å². The molecule has 0 amide bonds. The first kappa shape index (κ1) is 13.4. The third-order valence-electron chi connectivity index (χ3n) is 4.26. The smallest absolute Gasteiger partial charge is 0.260 e. The van der Waals surface area contributed by atoms with Crippen LogP contribution in [-0.2, 0) is 11.7 Å². The molecule has 0 radical (unpaired) electrons. The van der Waals surface area contributed by atoms with Crippen molar-refractivity contribution < 1.29 is 19.0 Å². The van der Waals surface area contributed by atoms with Gasteiger partial charge in [0, 0.05) is 22.3 Å². The summed E-state index contributed by atoms with van der Waals surface area (Å²) in [6.07, 6.45) is 0. The third kappa shape index (κ3) is 1.54. The molecular weight excluding hydrogens is 286 g/mol. The maximum absolute atomic E-state index is 15.2. The summed E-state index contributed by atoms with van der Waals surface area (Å²) in [7, 11) is 0. The van der Waals surface area contributed by atoms with Crippen LogP contribution < -0.4 is 0 Å². The highest BCUT2D eigenvalue weighted by Gasteiger charge is 2.51. The predicted molar refractivity (Wildman–Crippen MR) is 78.6 cm³/mol. The van der Waals surface area contributed by atoms with Crippen molar-refractivity contribution in [2.75, 3.05) is 0 Å². The zero-order valence-electron chi connectivity index (χ0n) is 11.4. The van der Waals surface area contributed by atoms with Gasteiger partial charge in [0.25, 0.3) is 11.7 Å². The Kier molecular flexibility index (Phi) is 2.50. The molecule has 4 heteroatoms. The standard InChI is InChI=1S/C18H12F2O2/c19-17(21)13-7-3-4-8-14(13)18(20,22)16-12-6-2-1-5-11(12)9-10-15(16)17/h1-10,21-22H. The number of benzene rings is 3. The molecule has 3 aromatic rings. The van der Waals surface area contributed by atoms with Gasteiger partial charge in [-0.05, 0) is 10.8 Å². The number of alkyl halides is 2. The van der Waals surface area contributed by atoms with Gasteiger partial charge in [0.1, 0.15) is 0 Å². The van der Waals surface area contributed by atoms with E-state index in [-0.39, 0.29) is 22.3 Å². The van der Waals surface area contributed by atoms with Gasteiger partial charge in [0.2, 0.25) is 0 Å². The van der Waals surface area contributed by atoms with Gasteiger partial charge in [-0.25, -0.2) is 8.78 Å². The highest BCUT2D eigenvalue weighted by Crippen LogP contribution is 2.51. The maximum Gasteiger partial charge on any atom is 0.260 e. The normalized spacial score (nSPS) is 26.5. The Morgan fingerprint density at radius 3 is 1.95 bits per heavy atom. The largest absolute Gasteiger partial charge is 0.355 e. The number of rotatable bonds is 0. The van der Waals surface area contributed by atoms with Crippen molar-refractivity contribution in [1.82, 2.24) is 0 Å². The van der Waals surface area contributed by atoms with Crippen LogP contribution in [0.3, 0.4) is 0 Å². The van der Waals surface area contributed by atoms with Gasteiger partial charge in [0.05, 0.1) is 0 Å².